The molecule has 4 saturated carbocycles. The molecule has 1 N–H and O–H groups in total. The molecule has 1 nitrogen and oxygen atoms in total. The Kier molecular flexibility index (Phi) is 0.372. The van der Waals surface area contributed by atoms with Gasteiger partial charge in [-0.05, 0) is 37.0 Å². The molecular formula is C7H10O. The fourth-order valence-corrected chi connectivity index (χ4v) is 3.07. The van der Waals surface area contributed by atoms with Crippen LogP contribution in [0.4, 0.5) is 0 Å². The van der Waals surface area contributed by atoms with Gasteiger partial charge in [-0.2, -0.15) is 0 Å². The van der Waals surface area contributed by atoms with Crippen molar-refractivity contribution in [2.24, 2.45) is 17.8 Å². The highest BCUT2D eigenvalue weighted by molar-refractivity contribution is 5.23. The molecule has 0 aliphatic heterocycles. The molecule has 4 aliphatic carbocycles. The van der Waals surface area contributed by atoms with Crippen LogP contribution in [0.1, 0.15) is 19.3 Å². The first-order valence-electron chi connectivity index (χ1n) is 3.53. The summed E-state index contributed by atoms with van der Waals surface area (Å²) >= 11 is 0. The Hall–Kier alpha value is -0.0400. The number of aliphatic hydroxyl groups is 1. The van der Waals surface area contributed by atoms with Crippen molar-refractivity contribution in [2.45, 2.75) is 24.9 Å². The Morgan fingerprint density at radius 2 is 1.88 bits per heavy atom. The molecule has 44 valence electrons. The summed E-state index contributed by atoms with van der Waals surface area (Å²) in [6.45, 7) is 0. The summed E-state index contributed by atoms with van der Waals surface area (Å²) in [5.74, 6) is 2.44. The smallest absolute Gasteiger partial charge is 0.0714 e. The van der Waals surface area contributed by atoms with Crippen LogP contribution < -0.4 is 0 Å². The van der Waals surface area contributed by atoms with E-state index in [4.69, 9.17) is 0 Å². The standard InChI is InChI=1S/C7H10O/c8-7-3-4-1-5(7)6(7)2-4/h4-6,8H,1-3H2. The van der Waals surface area contributed by atoms with Gasteiger partial charge in [0.2, 0.25) is 0 Å². The zero-order valence-electron chi connectivity index (χ0n) is 4.80. The summed E-state index contributed by atoms with van der Waals surface area (Å²) in [5, 5.41) is 9.58. The van der Waals surface area contributed by atoms with E-state index in [0.717, 1.165) is 24.2 Å². The summed E-state index contributed by atoms with van der Waals surface area (Å²) in [6.07, 6.45) is 3.84. The van der Waals surface area contributed by atoms with Gasteiger partial charge in [-0.25, -0.2) is 0 Å². The van der Waals surface area contributed by atoms with Crippen molar-refractivity contribution in [3.8, 4) is 0 Å². The van der Waals surface area contributed by atoms with Gasteiger partial charge in [-0.15, -0.1) is 0 Å². The van der Waals surface area contributed by atoms with E-state index in [1.54, 1.807) is 0 Å². The van der Waals surface area contributed by atoms with Crippen LogP contribution in [0.15, 0.2) is 0 Å². The van der Waals surface area contributed by atoms with Crippen LogP contribution in [0.3, 0.4) is 0 Å². The number of rotatable bonds is 0. The molecule has 0 amide bonds. The number of hydrogen-bond donors (Lipinski definition) is 1. The van der Waals surface area contributed by atoms with E-state index < -0.39 is 0 Å². The third-order valence-corrected chi connectivity index (χ3v) is 3.45. The van der Waals surface area contributed by atoms with Crippen LogP contribution in [0, 0.1) is 17.8 Å². The Morgan fingerprint density at radius 3 is 2.00 bits per heavy atom. The van der Waals surface area contributed by atoms with Gasteiger partial charge in [0.1, 0.15) is 0 Å². The predicted molar refractivity (Wildman–Crippen MR) is 29.3 cm³/mol. The second kappa shape index (κ2) is 0.766. The molecule has 0 aromatic rings. The fraction of sp³-hybridized carbons (Fsp3) is 1.00. The van der Waals surface area contributed by atoms with E-state index in [0.29, 0.717) is 0 Å². The first-order valence-corrected chi connectivity index (χ1v) is 3.53. The number of hydrogen-bond acceptors (Lipinski definition) is 1. The van der Waals surface area contributed by atoms with Crippen molar-refractivity contribution < 1.29 is 5.11 Å². The Labute approximate surface area is 48.7 Å². The summed E-state index contributed by atoms with van der Waals surface area (Å²) in [4.78, 5) is 0. The van der Waals surface area contributed by atoms with Crippen molar-refractivity contribution in [2.75, 3.05) is 0 Å². The molecule has 0 heterocycles. The van der Waals surface area contributed by atoms with Crippen LogP contribution in [0.2, 0.25) is 0 Å². The van der Waals surface area contributed by atoms with Crippen LogP contribution in [-0.4, -0.2) is 10.7 Å². The lowest BCUT2D eigenvalue weighted by molar-refractivity contribution is 0.138. The zero-order chi connectivity index (χ0) is 5.35. The van der Waals surface area contributed by atoms with E-state index >= 15 is 0 Å². The minimum absolute atomic E-state index is 0.106. The quantitative estimate of drug-likeness (QED) is 0.488. The molecular weight excluding hydrogens is 100 g/mol. The Bertz CT molecular complexity index is 140. The third-order valence-electron chi connectivity index (χ3n) is 3.45. The molecule has 4 rings (SSSR count). The van der Waals surface area contributed by atoms with Crippen molar-refractivity contribution in [3.63, 3.8) is 0 Å². The molecule has 4 fully saturated rings. The van der Waals surface area contributed by atoms with E-state index in [1.165, 1.54) is 12.8 Å². The van der Waals surface area contributed by atoms with E-state index in [9.17, 15) is 5.11 Å². The SMILES string of the molecule is OC12CC3CC1C2C3. The molecule has 8 heavy (non-hydrogen) atoms. The monoisotopic (exact) mass is 110 g/mol. The van der Waals surface area contributed by atoms with Gasteiger partial charge in [0.05, 0.1) is 5.60 Å². The first-order chi connectivity index (χ1) is 3.81. The lowest BCUT2D eigenvalue weighted by atomic mass is 10.1. The van der Waals surface area contributed by atoms with Crippen LogP contribution >= 0.6 is 0 Å². The maximum atomic E-state index is 9.58. The molecule has 4 bridgehead atoms. The van der Waals surface area contributed by atoms with E-state index in [1.807, 2.05) is 0 Å². The van der Waals surface area contributed by atoms with Crippen molar-refractivity contribution in [1.29, 1.82) is 0 Å². The minimum atomic E-state index is -0.106. The third kappa shape index (κ3) is 0.202. The van der Waals surface area contributed by atoms with Crippen molar-refractivity contribution >= 4 is 0 Å². The largest absolute Gasteiger partial charge is 0.389 e. The van der Waals surface area contributed by atoms with Gasteiger partial charge < -0.3 is 5.11 Å². The Balaban J connectivity index is 2.16. The summed E-state index contributed by atoms with van der Waals surface area (Å²) in [7, 11) is 0. The average molecular weight is 110 g/mol. The molecule has 1 heteroatoms. The van der Waals surface area contributed by atoms with E-state index in [-0.39, 0.29) is 5.60 Å². The highest BCUT2D eigenvalue weighted by Crippen LogP contribution is 2.73. The summed E-state index contributed by atoms with van der Waals surface area (Å²) in [6, 6.07) is 0. The van der Waals surface area contributed by atoms with Gasteiger partial charge in [0.25, 0.3) is 0 Å². The van der Waals surface area contributed by atoms with Gasteiger partial charge in [0, 0.05) is 0 Å². The Morgan fingerprint density at radius 1 is 1.25 bits per heavy atom. The minimum Gasteiger partial charge on any atom is -0.389 e. The van der Waals surface area contributed by atoms with Gasteiger partial charge in [-0.3, -0.25) is 0 Å². The normalized spacial score (nSPS) is 73.9. The molecule has 4 aliphatic rings. The first kappa shape index (κ1) is 3.89. The highest BCUT2D eigenvalue weighted by Gasteiger charge is 2.74. The van der Waals surface area contributed by atoms with Gasteiger partial charge in [0.15, 0.2) is 0 Å². The molecule has 2 atom stereocenters. The second-order valence-corrected chi connectivity index (χ2v) is 3.75. The molecule has 0 spiro atoms. The molecule has 0 saturated heterocycles. The molecule has 2 unspecified atom stereocenters. The van der Waals surface area contributed by atoms with E-state index in [2.05, 4.69) is 0 Å². The second-order valence-electron chi connectivity index (χ2n) is 3.75. The highest BCUT2D eigenvalue weighted by atomic mass is 16.3. The lowest BCUT2D eigenvalue weighted by Gasteiger charge is -1.96. The zero-order valence-corrected chi connectivity index (χ0v) is 4.80. The van der Waals surface area contributed by atoms with Gasteiger partial charge in [-0.1, -0.05) is 0 Å². The predicted octanol–water partition coefficient (Wildman–Crippen LogP) is 0.777. The maximum Gasteiger partial charge on any atom is 0.0714 e. The fourth-order valence-electron chi connectivity index (χ4n) is 3.07. The molecule has 0 aromatic carbocycles. The topological polar surface area (TPSA) is 20.2 Å². The summed E-state index contributed by atoms with van der Waals surface area (Å²) in [5.41, 5.74) is -0.106. The van der Waals surface area contributed by atoms with Crippen molar-refractivity contribution in [3.05, 3.63) is 0 Å². The average Bonchev–Trinajstić information content (AvgIpc) is 2.11. The van der Waals surface area contributed by atoms with Crippen LogP contribution in [0.25, 0.3) is 0 Å². The molecule has 0 radical (unpaired) electrons. The lowest BCUT2D eigenvalue weighted by Crippen LogP contribution is -2.03. The summed E-state index contributed by atoms with van der Waals surface area (Å²) < 4.78 is 0. The van der Waals surface area contributed by atoms with Gasteiger partial charge >= 0.3 is 0 Å². The maximum absolute atomic E-state index is 9.58. The molecule has 0 aromatic heterocycles. The van der Waals surface area contributed by atoms with Crippen LogP contribution in [0.5, 0.6) is 0 Å². The van der Waals surface area contributed by atoms with Crippen molar-refractivity contribution in [1.82, 2.24) is 0 Å². The van der Waals surface area contributed by atoms with Crippen LogP contribution in [-0.2, 0) is 0 Å².